The van der Waals surface area contributed by atoms with E-state index < -0.39 is 24.5 Å². The van der Waals surface area contributed by atoms with E-state index in [0.29, 0.717) is 17.0 Å². The predicted octanol–water partition coefficient (Wildman–Crippen LogP) is 1.74. The van der Waals surface area contributed by atoms with E-state index in [1.54, 1.807) is 10.9 Å². The van der Waals surface area contributed by atoms with Crippen molar-refractivity contribution >= 4 is 28.7 Å². The lowest BCUT2D eigenvalue weighted by Crippen LogP contribution is -2.34. The standard InChI is InChI=1S/C20H23N5O4S/c1-28-17-16(27)13(8-26)29-20(17)25-10-23-15-18(21-9-22-19(15)25)24-12-6-7-30-14-5-3-2-4-11(12)14/h2-5,9-10,12-13,16-17,20,26-27H,6-8H2,1H3,(H,21,22,24)/t12?,13-,16-,17-,20-/m1/s1. The number of hydrogen-bond donors (Lipinski definition) is 3. The van der Waals surface area contributed by atoms with Crippen LogP contribution in [0.4, 0.5) is 5.82 Å². The van der Waals surface area contributed by atoms with Gasteiger partial charge in [0, 0.05) is 17.8 Å². The number of aliphatic hydroxyl groups is 2. The Morgan fingerprint density at radius 2 is 2.17 bits per heavy atom. The Morgan fingerprint density at radius 1 is 1.30 bits per heavy atom. The topological polar surface area (TPSA) is 115 Å². The van der Waals surface area contributed by atoms with Gasteiger partial charge in [-0.2, -0.15) is 0 Å². The van der Waals surface area contributed by atoms with Gasteiger partial charge in [0.2, 0.25) is 0 Å². The second-order valence-electron chi connectivity index (χ2n) is 7.36. The van der Waals surface area contributed by atoms with E-state index in [2.05, 4.69) is 44.5 Å². The smallest absolute Gasteiger partial charge is 0.167 e. The Bertz CT molecular complexity index is 1050. The molecule has 5 atom stereocenters. The van der Waals surface area contributed by atoms with E-state index in [1.165, 1.54) is 23.9 Å². The first-order valence-electron chi connectivity index (χ1n) is 9.84. The summed E-state index contributed by atoms with van der Waals surface area (Å²) in [6, 6.07) is 8.53. The molecule has 5 rings (SSSR count). The third kappa shape index (κ3) is 3.25. The van der Waals surface area contributed by atoms with E-state index in [1.807, 2.05) is 11.8 Å². The van der Waals surface area contributed by atoms with Crippen LogP contribution in [0.25, 0.3) is 11.2 Å². The van der Waals surface area contributed by atoms with Crippen LogP contribution in [0.3, 0.4) is 0 Å². The number of hydrogen-bond acceptors (Lipinski definition) is 9. The first-order valence-corrected chi connectivity index (χ1v) is 10.8. The molecule has 158 valence electrons. The van der Waals surface area contributed by atoms with Crippen molar-refractivity contribution in [1.29, 1.82) is 0 Å². The van der Waals surface area contributed by atoms with Gasteiger partial charge in [-0.3, -0.25) is 4.57 Å². The number of rotatable bonds is 5. The van der Waals surface area contributed by atoms with Crippen LogP contribution in [0.2, 0.25) is 0 Å². The molecule has 0 amide bonds. The molecule has 9 nitrogen and oxygen atoms in total. The molecule has 2 aliphatic heterocycles. The van der Waals surface area contributed by atoms with Crippen molar-refractivity contribution in [2.24, 2.45) is 0 Å². The fourth-order valence-electron chi connectivity index (χ4n) is 4.15. The van der Waals surface area contributed by atoms with Crippen LogP contribution in [-0.4, -0.2) is 67.5 Å². The van der Waals surface area contributed by atoms with E-state index in [-0.39, 0.29) is 12.6 Å². The summed E-state index contributed by atoms with van der Waals surface area (Å²) in [7, 11) is 1.50. The maximum Gasteiger partial charge on any atom is 0.167 e. The monoisotopic (exact) mass is 429 g/mol. The van der Waals surface area contributed by atoms with Crippen LogP contribution in [0.15, 0.2) is 41.8 Å². The van der Waals surface area contributed by atoms with Crippen molar-refractivity contribution in [2.75, 3.05) is 24.8 Å². The molecule has 2 aromatic heterocycles. The molecule has 3 N–H and O–H groups in total. The number of ether oxygens (including phenoxy) is 2. The highest BCUT2D eigenvalue weighted by atomic mass is 32.2. The molecule has 1 unspecified atom stereocenters. The normalized spacial score (nSPS) is 28.6. The van der Waals surface area contributed by atoms with Gasteiger partial charge in [-0.1, -0.05) is 18.2 Å². The quantitative estimate of drug-likeness (QED) is 0.558. The summed E-state index contributed by atoms with van der Waals surface area (Å²) >= 11 is 1.87. The number of thioether (sulfide) groups is 1. The summed E-state index contributed by atoms with van der Waals surface area (Å²) in [6.07, 6.45) is 1.11. The molecule has 2 aliphatic rings. The second-order valence-corrected chi connectivity index (χ2v) is 8.49. The highest BCUT2D eigenvalue weighted by molar-refractivity contribution is 7.99. The zero-order valence-corrected chi connectivity index (χ0v) is 17.2. The van der Waals surface area contributed by atoms with Crippen molar-refractivity contribution < 1.29 is 19.7 Å². The molecule has 4 heterocycles. The fourth-order valence-corrected chi connectivity index (χ4v) is 5.27. The van der Waals surface area contributed by atoms with Gasteiger partial charge >= 0.3 is 0 Å². The zero-order valence-electron chi connectivity index (χ0n) is 16.4. The SMILES string of the molecule is CO[C@@H]1[C@H](O)[C@@H](CO)O[C@H]1n1cnc2c(NC3CCSc4ccccc43)ncnc21. The van der Waals surface area contributed by atoms with Crippen molar-refractivity contribution in [1.82, 2.24) is 19.5 Å². The number of aromatic nitrogens is 4. The molecule has 30 heavy (non-hydrogen) atoms. The van der Waals surface area contributed by atoms with Crippen molar-refractivity contribution in [3.05, 3.63) is 42.5 Å². The average Bonchev–Trinajstić information content (AvgIpc) is 3.35. The summed E-state index contributed by atoms with van der Waals surface area (Å²) in [4.78, 5) is 14.6. The predicted molar refractivity (Wildman–Crippen MR) is 111 cm³/mol. The minimum Gasteiger partial charge on any atom is -0.394 e. The highest BCUT2D eigenvalue weighted by Crippen LogP contribution is 2.39. The zero-order chi connectivity index (χ0) is 20.7. The average molecular weight is 430 g/mol. The van der Waals surface area contributed by atoms with E-state index >= 15 is 0 Å². The number of benzene rings is 1. The van der Waals surface area contributed by atoms with Crippen molar-refractivity contribution in [2.45, 2.75) is 41.9 Å². The number of anilines is 1. The number of imidazole rings is 1. The molecular weight excluding hydrogens is 406 g/mol. The third-order valence-electron chi connectivity index (χ3n) is 5.67. The fraction of sp³-hybridized carbons (Fsp3) is 0.450. The van der Waals surface area contributed by atoms with E-state index in [4.69, 9.17) is 9.47 Å². The lowest BCUT2D eigenvalue weighted by Gasteiger charge is -2.26. The Kier molecular flexibility index (Phi) is 5.34. The number of nitrogens with one attached hydrogen (secondary N) is 1. The van der Waals surface area contributed by atoms with Gasteiger partial charge in [-0.25, -0.2) is 15.0 Å². The lowest BCUT2D eigenvalue weighted by atomic mass is 10.0. The van der Waals surface area contributed by atoms with Gasteiger partial charge in [0.25, 0.3) is 0 Å². The second kappa shape index (κ2) is 8.12. The van der Waals surface area contributed by atoms with Crippen LogP contribution in [0, 0.1) is 0 Å². The van der Waals surface area contributed by atoms with Crippen molar-refractivity contribution in [3.63, 3.8) is 0 Å². The maximum atomic E-state index is 10.4. The molecule has 10 heteroatoms. The molecule has 1 saturated heterocycles. The molecular formula is C20H23N5O4S. The van der Waals surface area contributed by atoms with Gasteiger partial charge in [-0.05, 0) is 18.1 Å². The Balaban J connectivity index is 1.48. The Hall–Kier alpha value is -2.24. The number of aliphatic hydroxyl groups excluding tert-OH is 2. The molecule has 0 saturated carbocycles. The van der Waals surface area contributed by atoms with Crippen molar-refractivity contribution in [3.8, 4) is 0 Å². The maximum absolute atomic E-state index is 10.4. The summed E-state index contributed by atoms with van der Waals surface area (Å²) in [5.41, 5.74) is 2.45. The van der Waals surface area contributed by atoms with Gasteiger partial charge in [0.05, 0.1) is 19.0 Å². The molecule has 1 aromatic carbocycles. The summed E-state index contributed by atoms with van der Waals surface area (Å²) in [6.45, 7) is -0.301. The van der Waals surface area contributed by atoms with Crippen LogP contribution >= 0.6 is 11.8 Å². The summed E-state index contributed by atoms with van der Waals surface area (Å²) in [5.74, 6) is 1.68. The van der Waals surface area contributed by atoms with Crippen LogP contribution in [0.1, 0.15) is 24.3 Å². The number of nitrogens with zero attached hydrogens (tertiary/aromatic N) is 4. The molecule has 1 fully saturated rings. The van der Waals surface area contributed by atoms with Crippen LogP contribution in [-0.2, 0) is 9.47 Å². The van der Waals surface area contributed by atoms with E-state index in [0.717, 1.165) is 12.2 Å². The van der Waals surface area contributed by atoms with Gasteiger partial charge in [0.15, 0.2) is 23.2 Å². The van der Waals surface area contributed by atoms with Gasteiger partial charge < -0.3 is 25.0 Å². The number of fused-ring (bicyclic) bond motifs is 2. The minimum absolute atomic E-state index is 0.140. The third-order valence-corrected chi connectivity index (χ3v) is 6.79. The first kappa shape index (κ1) is 19.7. The van der Waals surface area contributed by atoms with E-state index in [9.17, 15) is 10.2 Å². The largest absolute Gasteiger partial charge is 0.394 e. The molecule has 0 radical (unpaired) electrons. The Morgan fingerprint density at radius 3 is 3.00 bits per heavy atom. The Labute approximate surface area is 177 Å². The molecule has 0 spiro atoms. The highest BCUT2D eigenvalue weighted by Gasteiger charge is 2.45. The summed E-state index contributed by atoms with van der Waals surface area (Å²) in [5, 5.41) is 23.4. The van der Waals surface area contributed by atoms with Crippen LogP contribution < -0.4 is 5.32 Å². The number of methoxy groups -OCH3 is 1. The minimum atomic E-state index is -0.946. The van der Waals surface area contributed by atoms with Crippen LogP contribution in [0.5, 0.6) is 0 Å². The molecule has 3 aromatic rings. The molecule has 0 aliphatic carbocycles. The lowest BCUT2D eigenvalue weighted by molar-refractivity contribution is -0.0583. The van der Waals surface area contributed by atoms with Gasteiger partial charge in [0.1, 0.15) is 24.6 Å². The first-order chi connectivity index (χ1) is 14.7. The molecule has 0 bridgehead atoms. The summed E-state index contributed by atoms with van der Waals surface area (Å²) < 4.78 is 13.0. The van der Waals surface area contributed by atoms with Gasteiger partial charge in [-0.15, -0.1) is 11.8 Å².